The normalized spacial score (nSPS) is 11.6. The molecule has 7 nitrogen and oxygen atoms in total. The van der Waals surface area contributed by atoms with Gasteiger partial charge in [0.15, 0.2) is 0 Å². The van der Waals surface area contributed by atoms with Crippen LogP contribution in [0, 0.1) is 10.1 Å². The molecule has 0 heterocycles. The Hall–Kier alpha value is -1.19. The molecule has 0 radical (unpaired) electrons. The maximum Gasteiger partial charge on any atom is 0.292 e. The minimum atomic E-state index is -3.20. The van der Waals surface area contributed by atoms with Crippen LogP contribution in [0.25, 0.3) is 0 Å². The lowest BCUT2D eigenvalue weighted by molar-refractivity contribution is -0.384. The zero-order valence-corrected chi connectivity index (χ0v) is 14.3. The van der Waals surface area contributed by atoms with E-state index in [-0.39, 0.29) is 5.69 Å². The summed E-state index contributed by atoms with van der Waals surface area (Å²) in [4.78, 5) is 10.5. The molecule has 0 aliphatic heterocycles. The van der Waals surface area contributed by atoms with Gasteiger partial charge in [0.25, 0.3) is 5.69 Å². The number of hydrogen-bond donors (Lipinski definition) is 1. The van der Waals surface area contributed by atoms with Crippen LogP contribution < -0.4 is 5.32 Å². The molecular weight excluding hydrogens is 362 g/mol. The highest BCUT2D eigenvalue weighted by molar-refractivity contribution is 9.10. The van der Waals surface area contributed by atoms with Crippen molar-refractivity contribution in [1.29, 1.82) is 0 Å². The third-order valence-electron chi connectivity index (χ3n) is 2.88. The molecule has 1 aromatic carbocycles. The lowest BCUT2D eigenvalue weighted by Crippen LogP contribution is -2.31. The average molecular weight is 380 g/mol. The predicted octanol–water partition coefficient (Wildman–Crippen LogP) is 2.44. The fourth-order valence-corrected chi connectivity index (χ4v) is 3.14. The Bertz CT molecular complexity index is 607. The number of nitro groups is 1. The smallest absolute Gasteiger partial charge is 0.292 e. The lowest BCUT2D eigenvalue weighted by Gasteiger charge is -2.17. The van der Waals surface area contributed by atoms with Crippen LogP contribution in [0.4, 0.5) is 11.4 Å². The largest absolute Gasteiger partial charge is 0.379 e. The van der Waals surface area contributed by atoms with E-state index in [0.29, 0.717) is 31.7 Å². The molecule has 9 heteroatoms. The van der Waals surface area contributed by atoms with Gasteiger partial charge in [0.1, 0.15) is 5.69 Å². The van der Waals surface area contributed by atoms with Gasteiger partial charge in [0.05, 0.1) is 11.2 Å². The van der Waals surface area contributed by atoms with Crippen LogP contribution in [0.5, 0.6) is 0 Å². The molecule has 0 saturated carbocycles. The number of benzene rings is 1. The first-order chi connectivity index (χ1) is 9.75. The Morgan fingerprint density at radius 1 is 1.43 bits per heavy atom. The minimum Gasteiger partial charge on any atom is -0.379 e. The number of nitrogens with zero attached hydrogens (tertiary/aromatic N) is 2. The molecule has 1 rings (SSSR count). The minimum absolute atomic E-state index is 0.00587. The summed E-state index contributed by atoms with van der Waals surface area (Å²) in [6, 6.07) is 4.65. The zero-order chi connectivity index (χ0) is 16.0. The van der Waals surface area contributed by atoms with Crippen LogP contribution in [0.2, 0.25) is 0 Å². The van der Waals surface area contributed by atoms with Crippen molar-refractivity contribution in [3.63, 3.8) is 0 Å². The van der Waals surface area contributed by atoms with E-state index in [2.05, 4.69) is 21.2 Å². The summed E-state index contributed by atoms with van der Waals surface area (Å²) in [6.07, 6.45) is 1.73. The van der Waals surface area contributed by atoms with E-state index in [4.69, 9.17) is 0 Å². The van der Waals surface area contributed by atoms with Crippen molar-refractivity contribution >= 4 is 37.3 Å². The number of sulfonamides is 1. The molecule has 0 aromatic heterocycles. The standard InChI is InChI=1S/C12H18BrN3O4S/c1-3-15(21(2,19)20)8-4-7-14-11-9-10(13)5-6-12(11)16(17)18/h5-6,9,14H,3-4,7-8H2,1-2H3. The Morgan fingerprint density at radius 3 is 2.62 bits per heavy atom. The quantitative estimate of drug-likeness (QED) is 0.425. The third-order valence-corrected chi connectivity index (χ3v) is 4.75. The lowest BCUT2D eigenvalue weighted by atomic mass is 10.2. The highest BCUT2D eigenvalue weighted by atomic mass is 79.9. The molecule has 0 atom stereocenters. The van der Waals surface area contributed by atoms with Crippen LogP contribution in [-0.4, -0.2) is 43.5 Å². The Kier molecular flexibility index (Phi) is 6.56. The molecule has 21 heavy (non-hydrogen) atoms. The molecule has 118 valence electrons. The van der Waals surface area contributed by atoms with Crippen molar-refractivity contribution in [1.82, 2.24) is 4.31 Å². The van der Waals surface area contributed by atoms with E-state index in [9.17, 15) is 18.5 Å². The Balaban J connectivity index is 2.61. The van der Waals surface area contributed by atoms with Crippen molar-refractivity contribution in [3.8, 4) is 0 Å². The SMILES string of the molecule is CCN(CCCNc1cc(Br)ccc1[N+](=O)[O-])S(C)(=O)=O. The van der Waals surface area contributed by atoms with Gasteiger partial charge in [-0.05, 0) is 18.6 Å². The summed E-state index contributed by atoms with van der Waals surface area (Å²) in [5.41, 5.74) is 0.408. The zero-order valence-electron chi connectivity index (χ0n) is 11.9. The van der Waals surface area contributed by atoms with E-state index in [1.165, 1.54) is 16.6 Å². The van der Waals surface area contributed by atoms with E-state index in [1.54, 1.807) is 19.1 Å². The van der Waals surface area contributed by atoms with Gasteiger partial charge in [0.2, 0.25) is 10.0 Å². The van der Waals surface area contributed by atoms with Crippen molar-refractivity contribution in [2.45, 2.75) is 13.3 Å². The predicted molar refractivity (Wildman–Crippen MR) is 86.0 cm³/mol. The molecule has 0 aliphatic carbocycles. The highest BCUT2D eigenvalue weighted by Gasteiger charge is 2.15. The Labute approximate surface area is 132 Å². The monoisotopic (exact) mass is 379 g/mol. The van der Waals surface area contributed by atoms with Crippen molar-refractivity contribution in [2.24, 2.45) is 0 Å². The molecule has 0 saturated heterocycles. The summed E-state index contributed by atoms with van der Waals surface area (Å²) >= 11 is 3.26. The Morgan fingerprint density at radius 2 is 2.10 bits per heavy atom. The van der Waals surface area contributed by atoms with Crippen LogP contribution in [0.3, 0.4) is 0 Å². The van der Waals surface area contributed by atoms with Crippen LogP contribution in [-0.2, 0) is 10.0 Å². The van der Waals surface area contributed by atoms with Gasteiger partial charge in [0, 0.05) is 30.2 Å². The maximum atomic E-state index is 11.4. The van der Waals surface area contributed by atoms with Gasteiger partial charge in [-0.2, -0.15) is 0 Å². The average Bonchev–Trinajstić information content (AvgIpc) is 2.36. The van der Waals surface area contributed by atoms with Crippen molar-refractivity contribution < 1.29 is 13.3 Å². The molecule has 0 aliphatic rings. The first-order valence-electron chi connectivity index (χ1n) is 6.38. The fourth-order valence-electron chi connectivity index (χ4n) is 1.85. The fraction of sp³-hybridized carbons (Fsp3) is 0.500. The van der Waals surface area contributed by atoms with Crippen molar-refractivity contribution in [3.05, 3.63) is 32.8 Å². The molecule has 0 fully saturated rings. The number of rotatable bonds is 8. The topological polar surface area (TPSA) is 92.5 Å². The number of hydrogen-bond acceptors (Lipinski definition) is 5. The molecule has 0 amide bonds. The summed E-state index contributed by atoms with van der Waals surface area (Å²) in [5, 5.41) is 13.9. The molecule has 0 unspecified atom stereocenters. The summed E-state index contributed by atoms with van der Waals surface area (Å²) in [7, 11) is -3.20. The first kappa shape index (κ1) is 17.9. The summed E-state index contributed by atoms with van der Waals surface area (Å²) in [5.74, 6) is 0. The van der Waals surface area contributed by atoms with Crippen molar-refractivity contribution in [2.75, 3.05) is 31.2 Å². The van der Waals surface area contributed by atoms with E-state index in [0.717, 1.165) is 4.47 Å². The second-order valence-electron chi connectivity index (χ2n) is 4.45. The van der Waals surface area contributed by atoms with Crippen LogP contribution in [0.1, 0.15) is 13.3 Å². The number of halogens is 1. The van der Waals surface area contributed by atoms with Gasteiger partial charge < -0.3 is 5.32 Å². The molecule has 0 spiro atoms. The molecule has 1 N–H and O–H groups in total. The second kappa shape index (κ2) is 7.71. The van der Waals surface area contributed by atoms with Gasteiger partial charge in [-0.15, -0.1) is 0 Å². The number of anilines is 1. The van der Waals surface area contributed by atoms with Gasteiger partial charge >= 0.3 is 0 Å². The summed E-state index contributed by atoms with van der Waals surface area (Å²) in [6.45, 7) is 3.01. The number of nitro benzene ring substituents is 1. The maximum absolute atomic E-state index is 11.4. The van der Waals surface area contributed by atoms with E-state index in [1.807, 2.05) is 0 Å². The molecule has 0 bridgehead atoms. The second-order valence-corrected chi connectivity index (χ2v) is 7.35. The molecule has 1 aromatic rings. The van der Waals surface area contributed by atoms with Crippen LogP contribution in [0.15, 0.2) is 22.7 Å². The summed E-state index contributed by atoms with van der Waals surface area (Å²) < 4.78 is 25.0. The van der Waals surface area contributed by atoms with E-state index >= 15 is 0 Å². The first-order valence-corrected chi connectivity index (χ1v) is 9.02. The van der Waals surface area contributed by atoms with Gasteiger partial charge in [-0.25, -0.2) is 12.7 Å². The van der Waals surface area contributed by atoms with Crippen LogP contribution >= 0.6 is 15.9 Å². The van der Waals surface area contributed by atoms with Gasteiger partial charge in [-0.3, -0.25) is 10.1 Å². The third kappa shape index (κ3) is 5.60. The highest BCUT2D eigenvalue weighted by Crippen LogP contribution is 2.27. The molecular formula is C12H18BrN3O4S. The number of nitrogens with one attached hydrogen (secondary N) is 1. The van der Waals surface area contributed by atoms with E-state index < -0.39 is 14.9 Å². The van der Waals surface area contributed by atoms with Gasteiger partial charge in [-0.1, -0.05) is 22.9 Å².